The van der Waals surface area contributed by atoms with Crippen molar-refractivity contribution in [2.24, 2.45) is 0 Å². The second kappa shape index (κ2) is 27.2. The predicted octanol–water partition coefficient (Wildman–Crippen LogP) is 0.394. The lowest BCUT2D eigenvalue weighted by molar-refractivity contribution is -0.151. The molecule has 0 amide bonds. The van der Waals surface area contributed by atoms with Crippen LogP contribution in [0, 0.1) is 0 Å². The maximum Gasteiger partial charge on any atom is 0.320 e. The molecule has 0 aromatic rings. The molecule has 4 N–H and O–H groups in total. The number of hydrogen-bond acceptors (Lipinski definition) is 16. The SMILES string of the molecule is CCOC(=O)CCC(C(=O)O)N1CCN(C(CCC(=O)OCC)C(=O)O)CCN(C(CCC(=O)OCC)C(=O)O)CCN(C(CCC(=O)OCC)C(=O)O)CC1. The minimum Gasteiger partial charge on any atom is -0.480 e. The molecule has 20 heteroatoms. The van der Waals surface area contributed by atoms with Crippen molar-refractivity contribution in [3.05, 3.63) is 0 Å². The maximum absolute atomic E-state index is 12.7. The van der Waals surface area contributed by atoms with Gasteiger partial charge < -0.3 is 39.4 Å². The van der Waals surface area contributed by atoms with Gasteiger partial charge in [0.15, 0.2) is 0 Å². The van der Waals surface area contributed by atoms with Crippen LogP contribution < -0.4 is 0 Å². The zero-order valence-corrected chi connectivity index (χ0v) is 32.9. The predicted molar refractivity (Wildman–Crippen MR) is 195 cm³/mol. The molecule has 0 aliphatic carbocycles. The molecule has 320 valence electrons. The smallest absolute Gasteiger partial charge is 0.320 e. The van der Waals surface area contributed by atoms with E-state index in [1.165, 1.54) is 19.6 Å². The molecular weight excluding hydrogens is 744 g/mol. The van der Waals surface area contributed by atoms with Crippen molar-refractivity contribution < 1.29 is 77.7 Å². The van der Waals surface area contributed by atoms with E-state index >= 15 is 0 Å². The average molecular weight is 805 g/mol. The summed E-state index contributed by atoms with van der Waals surface area (Å²) < 4.78 is 20.0. The van der Waals surface area contributed by atoms with Gasteiger partial charge in [-0.15, -0.1) is 0 Å². The van der Waals surface area contributed by atoms with Crippen LogP contribution in [-0.2, 0) is 57.3 Å². The fourth-order valence-electron chi connectivity index (χ4n) is 6.52. The number of nitrogens with zero attached hydrogens (tertiary/aromatic N) is 4. The Labute approximate surface area is 326 Å². The molecule has 1 aliphatic rings. The lowest BCUT2D eigenvalue weighted by Crippen LogP contribution is -2.56. The van der Waals surface area contributed by atoms with Crippen LogP contribution in [0.1, 0.15) is 79.1 Å². The molecular formula is C36H60N4O16. The second-order valence-corrected chi connectivity index (χ2v) is 12.9. The number of hydrogen-bond donors (Lipinski definition) is 4. The zero-order valence-electron chi connectivity index (χ0n) is 32.9. The van der Waals surface area contributed by atoms with Gasteiger partial charge in [-0.2, -0.15) is 0 Å². The molecule has 20 nitrogen and oxygen atoms in total. The van der Waals surface area contributed by atoms with E-state index in [0.717, 1.165) is 0 Å². The number of carbonyl (C=O) groups excluding carboxylic acids is 4. The molecule has 0 spiro atoms. The fourth-order valence-corrected chi connectivity index (χ4v) is 6.52. The average Bonchev–Trinajstić information content (AvgIpc) is 3.11. The molecule has 1 fully saturated rings. The number of carbonyl (C=O) groups is 8. The van der Waals surface area contributed by atoms with E-state index in [-0.39, 0.29) is 130 Å². The van der Waals surface area contributed by atoms with Crippen molar-refractivity contribution in [2.75, 3.05) is 78.8 Å². The lowest BCUT2D eigenvalue weighted by Gasteiger charge is -2.39. The molecule has 0 aromatic heterocycles. The molecule has 1 heterocycles. The van der Waals surface area contributed by atoms with Crippen LogP contribution in [0.5, 0.6) is 0 Å². The summed E-state index contributed by atoms with van der Waals surface area (Å²) in [5.41, 5.74) is 0. The third-order valence-electron chi connectivity index (χ3n) is 9.31. The van der Waals surface area contributed by atoms with Gasteiger partial charge in [0, 0.05) is 78.0 Å². The first-order valence-corrected chi connectivity index (χ1v) is 19.1. The highest BCUT2D eigenvalue weighted by molar-refractivity contribution is 5.77. The van der Waals surface area contributed by atoms with E-state index in [1.807, 2.05) is 0 Å². The van der Waals surface area contributed by atoms with Gasteiger partial charge in [-0.3, -0.25) is 58.0 Å². The molecule has 4 unspecified atom stereocenters. The minimum absolute atomic E-state index is 0.0809. The quantitative estimate of drug-likeness (QED) is 0.0759. The normalized spacial score (nSPS) is 17.5. The highest BCUT2D eigenvalue weighted by atomic mass is 16.5. The van der Waals surface area contributed by atoms with E-state index in [2.05, 4.69) is 0 Å². The first-order chi connectivity index (χ1) is 26.6. The van der Waals surface area contributed by atoms with E-state index in [9.17, 15) is 58.8 Å². The topological polar surface area (TPSA) is 267 Å². The molecule has 1 rings (SSSR count). The summed E-state index contributed by atoms with van der Waals surface area (Å²) >= 11 is 0. The van der Waals surface area contributed by atoms with E-state index in [4.69, 9.17) is 18.9 Å². The van der Waals surface area contributed by atoms with Gasteiger partial charge in [-0.25, -0.2) is 0 Å². The summed E-state index contributed by atoms with van der Waals surface area (Å²) in [6.07, 6.45) is -1.72. The van der Waals surface area contributed by atoms with Gasteiger partial charge >= 0.3 is 47.8 Å². The highest BCUT2D eigenvalue weighted by Gasteiger charge is 2.35. The van der Waals surface area contributed by atoms with Crippen LogP contribution in [0.15, 0.2) is 0 Å². The molecule has 0 aromatic carbocycles. The maximum atomic E-state index is 12.7. The Morgan fingerprint density at radius 1 is 0.375 bits per heavy atom. The van der Waals surface area contributed by atoms with E-state index < -0.39 is 71.9 Å². The molecule has 1 aliphatic heterocycles. The Balaban J connectivity index is 3.77. The van der Waals surface area contributed by atoms with Gasteiger partial charge in [0.2, 0.25) is 0 Å². The van der Waals surface area contributed by atoms with Crippen molar-refractivity contribution in [1.29, 1.82) is 0 Å². The summed E-state index contributed by atoms with van der Waals surface area (Å²) in [4.78, 5) is 106. The summed E-state index contributed by atoms with van der Waals surface area (Å²) in [6.45, 7) is 5.99. The first-order valence-electron chi connectivity index (χ1n) is 19.1. The fraction of sp³-hybridized carbons (Fsp3) is 0.778. The van der Waals surface area contributed by atoms with Crippen molar-refractivity contribution in [3.63, 3.8) is 0 Å². The standard InChI is InChI=1S/C36H60N4O16/c1-5-53-29(41)13-9-25(33(45)46)37-17-19-38(26(34(47)48)10-14-30(42)54-6-2)21-23-40(28(36(51)52)12-16-32(44)56-8-4)24-22-39(20-18-37)27(35(49)50)11-15-31(43)55-7-3/h25-28H,5-24H2,1-4H3,(H,45,46)(H,47,48)(H,49,50)(H,51,52). The summed E-state index contributed by atoms with van der Waals surface area (Å²) in [5, 5.41) is 41.4. The minimum atomic E-state index is -1.29. The van der Waals surface area contributed by atoms with Crippen LogP contribution in [0.4, 0.5) is 0 Å². The Bertz CT molecular complexity index is 1090. The van der Waals surface area contributed by atoms with Gasteiger partial charge in [-0.05, 0) is 53.4 Å². The molecule has 56 heavy (non-hydrogen) atoms. The monoisotopic (exact) mass is 804 g/mol. The first kappa shape index (κ1) is 49.6. The number of ether oxygens (including phenoxy) is 4. The highest BCUT2D eigenvalue weighted by Crippen LogP contribution is 2.18. The molecule has 0 bridgehead atoms. The van der Waals surface area contributed by atoms with Crippen LogP contribution >= 0.6 is 0 Å². The van der Waals surface area contributed by atoms with Crippen molar-refractivity contribution >= 4 is 47.8 Å². The van der Waals surface area contributed by atoms with Crippen LogP contribution in [0.2, 0.25) is 0 Å². The van der Waals surface area contributed by atoms with E-state index in [0.29, 0.717) is 0 Å². The Hall–Kier alpha value is -4.40. The third kappa shape index (κ3) is 18.5. The Morgan fingerprint density at radius 3 is 0.661 bits per heavy atom. The largest absolute Gasteiger partial charge is 0.480 e. The summed E-state index contributed by atoms with van der Waals surface area (Å²) in [5.74, 6) is -7.64. The van der Waals surface area contributed by atoms with Gasteiger partial charge in [0.05, 0.1) is 26.4 Å². The van der Waals surface area contributed by atoms with Crippen LogP contribution in [0.25, 0.3) is 0 Å². The Morgan fingerprint density at radius 2 is 0.536 bits per heavy atom. The van der Waals surface area contributed by atoms with Crippen molar-refractivity contribution in [2.45, 2.75) is 103 Å². The molecule has 0 saturated carbocycles. The lowest BCUT2D eigenvalue weighted by atomic mass is 10.1. The van der Waals surface area contributed by atoms with Crippen LogP contribution in [0.3, 0.4) is 0 Å². The molecule has 4 atom stereocenters. The summed E-state index contributed by atoms with van der Waals surface area (Å²) in [7, 11) is 0. The third-order valence-corrected chi connectivity index (χ3v) is 9.31. The van der Waals surface area contributed by atoms with Gasteiger partial charge in [-0.1, -0.05) is 0 Å². The van der Waals surface area contributed by atoms with Gasteiger partial charge in [0.25, 0.3) is 0 Å². The number of carboxylic acids is 4. The van der Waals surface area contributed by atoms with Gasteiger partial charge in [0.1, 0.15) is 24.2 Å². The van der Waals surface area contributed by atoms with Crippen molar-refractivity contribution in [1.82, 2.24) is 19.6 Å². The number of aliphatic carboxylic acids is 4. The Kier molecular flexibility index (Phi) is 24.1. The van der Waals surface area contributed by atoms with Crippen LogP contribution in [-0.4, -0.2) is 191 Å². The second-order valence-electron chi connectivity index (χ2n) is 12.9. The zero-order chi connectivity index (χ0) is 42.2. The number of rotatable bonds is 24. The summed E-state index contributed by atoms with van der Waals surface area (Å²) in [6, 6.07) is -5.14. The van der Waals surface area contributed by atoms with E-state index in [1.54, 1.807) is 27.7 Å². The van der Waals surface area contributed by atoms with Crippen molar-refractivity contribution in [3.8, 4) is 0 Å². The number of carboxylic acid groups (broad SMARTS) is 4. The molecule has 1 saturated heterocycles. The molecule has 0 radical (unpaired) electrons. The number of esters is 4.